The summed E-state index contributed by atoms with van der Waals surface area (Å²) in [6.07, 6.45) is -1.94. The van der Waals surface area contributed by atoms with Gasteiger partial charge in [0.2, 0.25) is 0 Å². The molecular formula is C35H37F3N6OS. The monoisotopic (exact) mass is 646 g/mol. The molecule has 1 heterocycles. The predicted molar refractivity (Wildman–Crippen MR) is 177 cm³/mol. The lowest BCUT2D eigenvalue weighted by atomic mass is 9.88. The molecule has 0 bridgehead atoms. The Bertz CT molecular complexity index is 1690. The van der Waals surface area contributed by atoms with Crippen LogP contribution in [0.25, 0.3) is 0 Å². The smallest absolute Gasteiger partial charge is 0.332 e. The summed E-state index contributed by atoms with van der Waals surface area (Å²) in [6.45, 7) is 6.01. The van der Waals surface area contributed by atoms with Crippen molar-refractivity contribution in [2.45, 2.75) is 59.0 Å². The van der Waals surface area contributed by atoms with Gasteiger partial charge in [-0.15, -0.1) is 0 Å². The first-order valence-electron chi connectivity index (χ1n) is 14.9. The molecule has 0 aliphatic carbocycles. The highest BCUT2D eigenvalue weighted by Crippen LogP contribution is 2.33. The third-order valence-corrected chi connectivity index (χ3v) is 8.15. The SMILES string of the molecule is Cc1ccccc1NC(=S)N(Cc1ccccc1C(F)(F)F)C(N)[C@H](CC(C)C)C(=O)Cc1cncn1Cc1ccc(C#N)cc1. The van der Waals surface area contributed by atoms with E-state index in [1.165, 1.54) is 23.1 Å². The number of anilines is 1. The molecule has 4 rings (SSSR count). The maximum atomic E-state index is 14.1. The van der Waals surface area contributed by atoms with Crippen LogP contribution < -0.4 is 11.1 Å². The van der Waals surface area contributed by atoms with Gasteiger partial charge in [-0.3, -0.25) is 4.79 Å². The van der Waals surface area contributed by atoms with Crippen LogP contribution in [0.15, 0.2) is 85.3 Å². The Hall–Kier alpha value is -4.53. The fraction of sp³-hybridized carbons (Fsp3) is 0.314. The molecule has 0 fully saturated rings. The van der Waals surface area contributed by atoms with Crippen molar-refractivity contribution in [1.29, 1.82) is 5.26 Å². The number of para-hydroxylation sites is 1. The van der Waals surface area contributed by atoms with Crippen LogP contribution in [0.1, 0.15) is 53.8 Å². The summed E-state index contributed by atoms with van der Waals surface area (Å²) in [5.41, 5.74) is 9.81. The number of carbonyl (C=O) groups excluding carboxylic acids is 1. The van der Waals surface area contributed by atoms with Crippen molar-refractivity contribution < 1.29 is 18.0 Å². The van der Waals surface area contributed by atoms with Gasteiger partial charge in [-0.1, -0.05) is 62.4 Å². The second kappa shape index (κ2) is 15.2. The number of aromatic nitrogens is 2. The number of nitrogens with zero attached hydrogens (tertiary/aromatic N) is 4. The minimum atomic E-state index is -4.59. The number of nitriles is 1. The highest BCUT2D eigenvalue weighted by Gasteiger charge is 2.36. The summed E-state index contributed by atoms with van der Waals surface area (Å²) in [7, 11) is 0. The van der Waals surface area contributed by atoms with Gasteiger partial charge in [0.05, 0.1) is 35.6 Å². The molecule has 0 amide bonds. The Morgan fingerprint density at radius 1 is 1.09 bits per heavy atom. The molecule has 0 saturated carbocycles. The van der Waals surface area contributed by atoms with Crippen molar-refractivity contribution in [3.63, 3.8) is 0 Å². The van der Waals surface area contributed by atoms with Crippen molar-refractivity contribution in [1.82, 2.24) is 14.5 Å². The number of nitrogens with two attached hydrogens (primary N) is 1. The van der Waals surface area contributed by atoms with Crippen LogP contribution in [0.2, 0.25) is 0 Å². The van der Waals surface area contributed by atoms with Crippen LogP contribution in [-0.2, 0) is 30.5 Å². The quantitative estimate of drug-likeness (QED) is 0.125. The van der Waals surface area contributed by atoms with E-state index in [9.17, 15) is 18.0 Å². The third-order valence-electron chi connectivity index (χ3n) is 7.81. The Morgan fingerprint density at radius 3 is 2.41 bits per heavy atom. The largest absolute Gasteiger partial charge is 0.416 e. The van der Waals surface area contributed by atoms with Gasteiger partial charge in [-0.25, -0.2) is 4.98 Å². The average molecular weight is 647 g/mol. The van der Waals surface area contributed by atoms with Crippen molar-refractivity contribution in [3.8, 4) is 6.07 Å². The van der Waals surface area contributed by atoms with E-state index in [1.807, 2.05) is 61.7 Å². The van der Waals surface area contributed by atoms with Crippen molar-refractivity contribution in [2.24, 2.45) is 17.6 Å². The molecule has 2 atom stereocenters. The van der Waals surface area contributed by atoms with Crippen molar-refractivity contribution in [2.75, 3.05) is 5.32 Å². The molecule has 46 heavy (non-hydrogen) atoms. The standard InChI is InChI=1S/C35H37F3N6OS/c1-23(2)16-29(32(45)17-28-19-41-22-43(28)20-26-14-12-25(18-39)13-15-26)33(40)44(34(46)42-31-11-7-4-8-24(31)3)21-27-9-5-6-10-30(27)35(36,37)38/h4-15,19,22-23,29,33H,16-17,20-21,40H2,1-3H3,(H,42,46)/t29-,33?/m1/s1. The fourth-order valence-electron chi connectivity index (χ4n) is 5.35. The van der Waals surface area contributed by atoms with E-state index in [0.717, 1.165) is 17.2 Å². The number of imidazole rings is 1. The lowest BCUT2D eigenvalue weighted by Gasteiger charge is -2.37. The van der Waals surface area contributed by atoms with E-state index >= 15 is 0 Å². The molecule has 3 aromatic carbocycles. The molecule has 4 aromatic rings. The molecule has 1 unspecified atom stereocenters. The minimum Gasteiger partial charge on any atom is -0.332 e. The van der Waals surface area contributed by atoms with E-state index in [1.54, 1.807) is 24.7 Å². The lowest BCUT2D eigenvalue weighted by molar-refractivity contribution is -0.138. The van der Waals surface area contributed by atoms with Crippen molar-refractivity contribution in [3.05, 3.63) is 119 Å². The number of Topliss-reactive ketones (excluding diaryl/α,β-unsaturated/α-hetero) is 1. The molecule has 0 aliphatic rings. The van der Waals surface area contributed by atoms with Gasteiger partial charge >= 0.3 is 6.18 Å². The van der Waals surface area contributed by atoms with E-state index < -0.39 is 23.8 Å². The van der Waals surface area contributed by atoms with Crippen LogP contribution in [0.3, 0.4) is 0 Å². The Kier molecular flexibility index (Phi) is 11.3. The number of alkyl halides is 3. The maximum absolute atomic E-state index is 14.1. The normalized spacial score (nSPS) is 12.8. The van der Waals surface area contributed by atoms with E-state index in [2.05, 4.69) is 16.4 Å². The van der Waals surface area contributed by atoms with E-state index in [0.29, 0.717) is 29.9 Å². The first-order valence-corrected chi connectivity index (χ1v) is 15.3. The number of carbonyl (C=O) groups is 1. The highest BCUT2D eigenvalue weighted by atomic mass is 32.1. The highest BCUT2D eigenvalue weighted by molar-refractivity contribution is 7.80. The second-order valence-electron chi connectivity index (χ2n) is 11.7. The number of rotatable bonds is 12. The molecule has 0 radical (unpaired) electrons. The molecule has 0 aliphatic heterocycles. The van der Waals surface area contributed by atoms with Gasteiger partial charge in [0.25, 0.3) is 0 Å². The topological polar surface area (TPSA) is 100.0 Å². The zero-order chi connectivity index (χ0) is 33.4. The minimum absolute atomic E-state index is 0.00405. The van der Waals surface area contributed by atoms with Crippen LogP contribution >= 0.6 is 12.2 Å². The molecule has 7 nitrogen and oxygen atoms in total. The van der Waals surface area contributed by atoms with E-state index in [4.69, 9.17) is 23.2 Å². The van der Waals surface area contributed by atoms with Crippen LogP contribution in [0.5, 0.6) is 0 Å². The number of benzene rings is 3. The molecule has 0 saturated heterocycles. The summed E-state index contributed by atoms with van der Waals surface area (Å²) < 4.78 is 43.9. The Morgan fingerprint density at radius 2 is 1.76 bits per heavy atom. The molecule has 1 aromatic heterocycles. The predicted octanol–water partition coefficient (Wildman–Crippen LogP) is 7.09. The molecular weight excluding hydrogens is 609 g/mol. The fourth-order valence-corrected chi connectivity index (χ4v) is 5.64. The summed E-state index contributed by atoms with van der Waals surface area (Å²) in [5, 5.41) is 12.4. The van der Waals surface area contributed by atoms with Gasteiger partial charge in [0.15, 0.2) is 5.11 Å². The summed E-state index contributed by atoms with van der Waals surface area (Å²) >= 11 is 5.78. The van der Waals surface area contributed by atoms with Gasteiger partial charge in [0.1, 0.15) is 5.78 Å². The molecule has 0 spiro atoms. The molecule has 3 N–H and O–H groups in total. The number of ketones is 1. The van der Waals surface area contributed by atoms with Crippen LogP contribution in [0, 0.1) is 30.1 Å². The first kappa shape index (κ1) is 34.3. The molecule has 240 valence electrons. The maximum Gasteiger partial charge on any atom is 0.416 e. The third kappa shape index (κ3) is 8.80. The second-order valence-corrected chi connectivity index (χ2v) is 12.1. The summed E-state index contributed by atoms with van der Waals surface area (Å²) in [4.78, 5) is 19.8. The van der Waals surface area contributed by atoms with Gasteiger partial charge in [-0.2, -0.15) is 18.4 Å². The number of aryl methyl sites for hydroxylation is 1. The lowest BCUT2D eigenvalue weighted by Crippen LogP contribution is -2.53. The Labute approximate surface area is 272 Å². The Balaban J connectivity index is 1.65. The average Bonchev–Trinajstić information content (AvgIpc) is 3.45. The number of halogens is 3. The summed E-state index contributed by atoms with van der Waals surface area (Å²) in [6, 6.07) is 22.0. The van der Waals surface area contributed by atoms with Crippen LogP contribution in [-0.4, -0.2) is 31.5 Å². The number of thiocarbonyl (C=S) groups is 1. The number of nitrogens with one attached hydrogen (secondary N) is 1. The number of hydrogen-bond donors (Lipinski definition) is 2. The van der Waals surface area contributed by atoms with Crippen LogP contribution in [0.4, 0.5) is 18.9 Å². The van der Waals surface area contributed by atoms with Gasteiger partial charge in [0, 0.05) is 37.1 Å². The van der Waals surface area contributed by atoms with Gasteiger partial charge < -0.3 is 20.5 Å². The van der Waals surface area contributed by atoms with E-state index in [-0.39, 0.29) is 35.3 Å². The van der Waals surface area contributed by atoms with Gasteiger partial charge in [-0.05, 0) is 72.4 Å². The zero-order valence-electron chi connectivity index (χ0n) is 26.0. The number of hydrogen-bond acceptors (Lipinski definition) is 5. The first-order chi connectivity index (χ1) is 21.9. The molecule has 11 heteroatoms. The zero-order valence-corrected chi connectivity index (χ0v) is 26.8. The summed E-state index contributed by atoms with van der Waals surface area (Å²) in [5.74, 6) is -0.866. The van der Waals surface area contributed by atoms with Crippen molar-refractivity contribution >= 4 is 28.8 Å².